The van der Waals surface area contributed by atoms with Crippen LogP contribution in [0.3, 0.4) is 0 Å². The van der Waals surface area contributed by atoms with Crippen LogP contribution in [0.1, 0.15) is 34.1 Å². The van der Waals surface area contributed by atoms with Crippen LogP contribution in [-0.2, 0) is 13.3 Å². The van der Waals surface area contributed by atoms with Crippen molar-refractivity contribution in [1.29, 1.82) is 0 Å². The van der Waals surface area contributed by atoms with Gasteiger partial charge in [-0.1, -0.05) is 20.8 Å². The second-order valence-corrected chi connectivity index (χ2v) is 8.09. The van der Waals surface area contributed by atoms with Crippen molar-refractivity contribution < 1.29 is 13.3 Å². The summed E-state index contributed by atoms with van der Waals surface area (Å²) in [5, 5.41) is 0. The van der Waals surface area contributed by atoms with E-state index in [9.17, 15) is 0 Å². The molecule has 0 aromatic heterocycles. The molecule has 0 amide bonds. The third-order valence-electron chi connectivity index (χ3n) is 2.18. The molecule has 18 heavy (non-hydrogen) atoms. The van der Waals surface area contributed by atoms with Crippen LogP contribution >= 0.6 is 12.6 Å². The molecule has 1 rings (SSSR count). The molecular formula is C12H29NO3SSi. The van der Waals surface area contributed by atoms with Crippen molar-refractivity contribution in [3.63, 3.8) is 0 Å². The number of hydrogen-bond acceptors (Lipinski definition) is 5. The lowest BCUT2D eigenvalue weighted by molar-refractivity contribution is -0.00254. The second kappa shape index (κ2) is 10.2. The van der Waals surface area contributed by atoms with Gasteiger partial charge in [-0.15, -0.1) is 0 Å². The average molecular weight is 296 g/mol. The van der Waals surface area contributed by atoms with Crippen LogP contribution in [-0.4, -0.2) is 40.4 Å². The first-order valence-corrected chi connectivity index (χ1v) is 9.30. The number of rotatable bonds is 5. The molecule has 0 unspecified atom stereocenters. The van der Waals surface area contributed by atoms with Crippen molar-refractivity contribution in [2.45, 2.75) is 46.2 Å². The number of thiol groups is 1. The molecule has 1 aliphatic rings. The zero-order chi connectivity index (χ0) is 14.0. The van der Waals surface area contributed by atoms with E-state index in [1.165, 1.54) is 0 Å². The Morgan fingerprint density at radius 2 is 1.89 bits per heavy atom. The van der Waals surface area contributed by atoms with E-state index in [0.717, 1.165) is 31.4 Å². The Bertz CT molecular complexity index is 191. The Hall–Kier alpha value is 0.407. The van der Waals surface area contributed by atoms with Gasteiger partial charge in [0.15, 0.2) is 0 Å². The first-order chi connectivity index (χ1) is 8.45. The summed E-state index contributed by atoms with van der Waals surface area (Å²) in [5.41, 5.74) is 5.11. The van der Waals surface area contributed by atoms with Gasteiger partial charge in [-0.05, 0) is 25.1 Å². The Labute approximate surface area is 118 Å². The Morgan fingerprint density at radius 3 is 2.28 bits per heavy atom. The van der Waals surface area contributed by atoms with Crippen LogP contribution in [0.5, 0.6) is 0 Å². The predicted octanol–water partition coefficient (Wildman–Crippen LogP) is 2.32. The molecule has 0 aliphatic carbocycles. The zero-order valence-corrected chi connectivity index (χ0v) is 14.0. The van der Waals surface area contributed by atoms with Crippen molar-refractivity contribution in [2.24, 2.45) is 11.7 Å². The lowest BCUT2D eigenvalue weighted by atomic mass is 10.2. The second-order valence-electron chi connectivity index (χ2n) is 4.91. The van der Waals surface area contributed by atoms with Gasteiger partial charge >= 0.3 is 8.80 Å². The first-order valence-electron chi connectivity index (χ1n) is 6.74. The van der Waals surface area contributed by atoms with E-state index in [1.807, 2.05) is 20.8 Å². The van der Waals surface area contributed by atoms with Gasteiger partial charge in [0.2, 0.25) is 0 Å². The maximum atomic E-state index is 5.78. The fraction of sp³-hybridized carbons (Fsp3) is 1.00. The van der Waals surface area contributed by atoms with E-state index in [-0.39, 0.29) is 0 Å². The molecule has 1 saturated heterocycles. The first kappa shape index (κ1) is 18.4. The van der Waals surface area contributed by atoms with Gasteiger partial charge in [0.1, 0.15) is 0 Å². The van der Waals surface area contributed by atoms with Crippen molar-refractivity contribution in [3.8, 4) is 0 Å². The lowest BCUT2D eigenvalue weighted by Crippen LogP contribution is -2.51. The number of hydrogen-bond donors (Lipinski definition) is 2. The van der Waals surface area contributed by atoms with E-state index in [2.05, 4.69) is 19.6 Å². The number of nitrogens with two attached hydrogens (primary N) is 1. The van der Waals surface area contributed by atoms with Crippen LogP contribution in [0.4, 0.5) is 0 Å². The summed E-state index contributed by atoms with van der Waals surface area (Å²) in [7, 11) is -2.29. The molecule has 0 aromatic carbocycles. The summed E-state index contributed by atoms with van der Waals surface area (Å²) in [4.78, 5) is 0. The Kier molecular flexibility index (Phi) is 10.5. The minimum absolute atomic E-state index is 0.333. The van der Waals surface area contributed by atoms with Crippen LogP contribution < -0.4 is 5.73 Å². The van der Waals surface area contributed by atoms with Gasteiger partial charge in [-0.25, -0.2) is 0 Å². The largest absolute Gasteiger partial charge is 0.500 e. The van der Waals surface area contributed by atoms with E-state index in [0.29, 0.717) is 18.6 Å². The van der Waals surface area contributed by atoms with Crippen LogP contribution in [0, 0.1) is 5.92 Å². The van der Waals surface area contributed by atoms with Gasteiger partial charge in [-0.2, -0.15) is 12.6 Å². The highest BCUT2D eigenvalue weighted by Crippen LogP contribution is 2.24. The van der Waals surface area contributed by atoms with E-state index in [4.69, 9.17) is 19.0 Å². The highest BCUT2D eigenvalue weighted by atomic mass is 32.1. The molecular weight excluding hydrogens is 266 g/mol. The molecule has 0 saturated carbocycles. The zero-order valence-electron chi connectivity index (χ0n) is 12.1. The van der Waals surface area contributed by atoms with Gasteiger partial charge in [0, 0.05) is 31.8 Å². The third kappa shape index (κ3) is 8.50. The molecule has 110 valence electrons. The molecule has 1 fully saturated rings. The average Bonchev–Trinajstić information content (AvgIpc) is 2.30. The van der Waals surface area contributed by atoms with E-state index >= 15 is 0 Å². The fourth-order valence-corrected chi connectivity index (χ4v) is 4.71. The molecule has 0 bridgehead atoms. The highest BCUT2D eigenvalue weighted by Gasteiger charge is 2.43. The van der Waals surface area contributed by atoms with Crippen LogP contribution in [0.25, 0.3) is 0 Å². The van der Waals surface area contributed by atoms with Crippen molar-refractivity contribution in [2.75, 3.05) is 25.6 Å². The van der Waals surface area contributed by atoms with Gasteiger partial charge in [-0.3, -0.25) is 0 Å². The van der Waals surface area contributed by atoms with Crippen molar-refractivity contribution in [3.05, 3.63) is 0 Å². The normalized spacial score (nSPS) is 27.8. The van der Waals surface area contributed by atoms with Crippen LogP contribution in [0.2, 0.25) is 6.04 Å². The lowest BCUT2D eigenvalue weighted by Gasteiger charge is -2.35. The van der Waals surface area contributed by atoms with Gasteiger partial charge in [0.05, 0.1) is 0 Å². The molecule has 2 N–H and O–H groups in total. The van der Waals surface area contributed by atoms with E-state index in [1.54, 1.807) is 0 Å². The SMILES string of the molecule is CC(C)N.CCO[Si]1(CCCS)OCC(C)CO1. The van der Waals surface area contributed by atoms with Gasteiger partial charge < -0.3 is 19.0 Å². The molecule has 1 heterocycles. The standard InChI is InChI=1S/C9H20O3SSi.C3H9N/c1-3-10-14(6-4-5-13)11-7-9(2)8-12-14;1-3(2)4/h9,13H,3-8H2,1-2H3;3H,4H2,1-2H3. The summed E-state index contributed by atoms with van der Waals surface area (Å²) in [6, 6.07) is 1.23. The molecule has 6 heteroatoms. The smallest absolute Gasteiger partial charge is 0.374 e. The minimum atomic E-state index is -2.29. The van der Waals surface area contributed by atoms with Gasteiger partial charge in [0.25, 0.3) is 0 Å². The summed E-state index contributed by atoms with van der Waals surface area (Å²) in [6.07, 6.45) is 1.00. The molecule has 1 aliphatic heterocycles. The quantitative estimate of drug-likeness (QED) is 0.604. The topological polar surface area (TPSA) is 53.7 Å². The summed E-state index contributed by atoms with van der Waals surface area (Å²) in [5.74, 6) is 1.36. The van der Waals surface area contributed by atoms with Crippen molar-refractivity contribution in [1.82, 2.24) is 0 Å². The summed E-state index contributed by atoms with van der Waals surface area (Å²) in [6.45, 7) is 10.2. The summed E-state index contributed by atoms with van der Waals surface area (Å²) < 4.78 is 17.2. The molecule has 0 radical (unpaired) electrons. The van der Waals surface area contributed by atoms with E-state index < -0.39 is 8.80 Å². The third-order valence-corrected chi connectivity index (χ3v) is 5.40. The Balaban J connectivity index is 0.000000631. The Morgan fingerprint density at radius 1 is 1.39 bits per heavy atom. The fourth-order valence-electron chi connectivity index (χ4n) is 1.44. The molecule has 0 aromatic rings. The molecule has 0 atom stereocenters. The maximum absolute atomic E-state index is 5.78. The molecule has 0 spiro atoms. The van der Waals surface area contributed by atoms with Crippen LogP contribution in [0.15, 0.2) is 0 Å². The van der Waals surface area contributed by atoms with Crippen molar-refractivity contribution >= 4 is 21.4 Å². The summed E-state index contributed by atoms with van der Waals surface area (Å²) >= 11 is 4.20. The minimum Gasteiger partial charge on any atom is -0.374 e. The maximum Gasteiger partial charge on any atom is 0.500 e. The molecule has 4 nitrogen and oxygen atoms in total. The monoisotopic (exact) mass is 295 g/mol. The predicted molar refractivity (Wildman–Crippen MR) is 81.0 cm³/mol. The highest BCUT2D eigenvalue weighted by molar-refractivity contribution is 7.80.